The Hall–Kier alpha value is -3.98. The molecule has 182 valence electrons. The lowest BCUT2D eigenvalue weighted by Gasteiger charge is -2.37. The van der Waals surface area contributed by atoms with Gasteiger partial charge in [-0.2, -0.15) is 4.52 Å². The Morgan fingerprint density at radius 2 is 1.50 bits per heavy atom. The molecule has 0 radical (unpaired) electrons. The number of aromatic nitrogens is 4. The second-order valence-electron chi connectivity index (χ2n) is 9.16. The number of nitrogens with zero attached hydrogens (tertiary/aromatic N) is 6. The van der Waals surface area contributed by atoms with Gasteiger partial charge in [0.2, 0.25) is 14.9 Å². The molecule has 6 rings (SSSR count). The van der Waals surface area contributed by atoms with E-state index in [1.807, 2.05) is 24.3 Å². The molecule has 1 fully saturated rings. The van der Waals surface area contributed by atoms with Crippen LogP contribution in [0.2, 0.25) is 0 Å². The normalized spacial score (nSPS) is 14.6. The van der Waals surface area contributed by atoms with Crippen molar-refractivity contribution in [1.29, 1.82) is 0 Å². The lowest BCUT2D eigenvalue weighted by Crippen LogP contribution is -2.47. The molecular formula is C27H26N6O2S. The molecule has 5 aromatic rings. The zero-order valence-corrected chi connectivity index (χ0v) is 21.0. The summed E-state index contributed by atoms with van der Waals surface area (Å²) in [6.07, 6.45) is 0. The number of para-hydroxylation sites is 1. The van der Waals surface area contributed by atoms with Crippen LogP contribution in [0.15, 0.2) is 82.7 Å². The first-order valence-corrected chi connectivity index (χ1v) is 13.4. The molecule has 0 N–H and O–H groups in total. The predicted octanol–water partition coefficient (Wildman–Crippen LogP) is 4.05. The van der Waals surface area contributed by atoms with Gasteiger partial charge in [-0.3, -0.25) is 0 Å². The molecule has 3 heterocycles. The van der Waals surface area contributed by atoms with E-state index >= 15 is 0 Å². The summed E-state index contributed by atoms with van der Waals surface area (Å²) < 4.78 is 28.4. The van der Waals surface area contributed by atoms with E-state index < -0.39 is 9.84 Å². The van der Waals surface area contributed by atoms with Crippen LogP contribution in [0, 0.1) is 13.8 Å². The summed E-state index contributed by atoms with van der Waals surface area (Å²) in [6, 6.07) is 22.7. The van der Waals surface area contributed by atoms with Crippen molar-refractivity contribution in [3.63, 3.8) is 0 Å². The number of hydrogen-bond acceptors (Lipinski definition) is 7. The molecule has 2 aromatic heterocycles. The number of hydrogen-bond donors (Lipinski definition) is 0. The molecule has 0 unspecified atom stereocenters. The van der Waals surface area contributed by atoms with Crippen LogP contribution in [0.4, 0.5) is 11.5 Å². The SMILES string of the molecule is Cc1ccc(N2CCN(c3nc4c(S(=O)(=O)c5ccccc5)nnn4c4ccccc34)CC2)c(C)c1. The van der Waals surface area contributed by atoms with Crippen molar-refractivity contribution in [3.8, 4) is 0 Å². The quantitative estimate of drug-likeness (QED) is 0.370. The first-order chi connectivity index (χ1) is 17.4. The highest BCUT2D eigenvalue weighted by molar-refractivity contribution is 7.91. The Labute approximate surface area is 209 Å². The van der Waals surface area contributed by atoms with Gasteiger partial charge in [0.15, 0.2) is 5.65 Å². The Balaban J connectivity index is 1.41. The number of benzene rings is 3. The average Bonchev–Trinajstić information content (AvgIpc) is 3.34. The number of fused-ring (bicyclic) bond motifs is 3. The van der Waals surface area contributed by atoms with Crippen LogP contribution in [-0.2, 0) is 9.84 Å². The van der Waals surface area contributed by atoms with Gasteiger partial charge < -0.3 is 9.80 Å². The third-order valence-electron chi connectivity index (χ3n) is 6.78. The van der Waals surface area contributed by atoms with Gasteiger partial charge in [-0.15, -0.1) is 5.10 Å². The van der Waals surface area contributed by atoms with Crippen molar-refractivity contribution in [2.24, 2.45) is 0 Å². The second kappa shape index (κ2) is 8.60. The van der Waals surface area contributed by atoms with E-state index in [4.69, 9.17) is 4.98 Å². The molecule has 9 heteroatoms. The van der Waals surface area contributed by atoms with E-state index in [1.165, 1.54) is 21.3 Å². The van der Waals surface area contributed by atoms with Gasteiger partial charge in [-0.05, 0) is 49.7 Å². The highest BCUT2D eigenvalue weighted by atomic mass is 32.2. The predicted molar refractivity (Wildman–Crippen MR) is 141 cm³/mol. The van der Waals surface area contributed by atoms with Crippen molar-refractivity contribution in [2.75, 3.05) is 36.0 Å². The molecule has 0 bridgehead atoms. The minimum Gasteiger partial charge on any atom is -0.368 e. The second-order valence-corrected chi connectivity index (χ2v) is 11.0. The fourth-order valence-corrected chi connectivity index (χ4v) is 6.23. The fourth-order valence-electron chi connectivity index (χ4n) is 4.97. The first kappa shape index (κ1) is 22.5. The van der Waals surface area contributed by atoms with Gasteiger partial charge in [-0.25, -0.2) is 13.4 Å². The summed E-state index contributed by atoms with van der Waals surface area (Å²) >= 11 is 0. The van der Waals surface area contributed by atoms with E-state index in [0.717, 1.165) is 42.9 Å². The molecule has 0 atom stereocenters. The van der Waals surface area contributed by atoms with Crippen LogP contribution in [0.25, 0.3) is 16.6 Å². The molecule has 36 heavy (non-hydrogen) atoms. The summed E-state index contributed by atoms with van der Waals surface area (Å²) in [6.45, 7) is 7.49. The average molecular weight is 499 g/mol. The highest BCUT2D eigenvalue weighted by Gasteiger charge is 2.28. The lowest BCUT2D eigenvalue weighted by molar-refractivity contribution is 0.592. The fraction of sp³-hybridized carbons (Fsp3) is 0.222. The van der Waals surface area contributed by atoms with Crippen molar-refractivity contribution >= 4 is 37.9 Å². The maximum absolute atomic E-state index is 13.4. The first-order valence-electron chi connectivity index (χ1n) is 11.9. The Kier molecular flexibility index (Phi) is 5.37. The standard InChI is InChI=1S/C27H26N6O2S/c1-19-12-13-23(20(2)18-19)31-14-16-32(17-15-31)25-22-10-6-7-11-24(22)33-26(28-25)27(29-30-33)36(34,35)21-8-4-3-5-9-21/h3-13,18H,14-17H2,1-2H3. The zero-order valence-electron chi connectivity index (χ0n) is 20.2. The maximum atomic E-state index is 13.4. The highest BCUT2D eigenvalue weighted by Crippen LogP contribution is 2.31. The van der Waals surface area contributed by atoms with Crippen LogP contribution < -0.4 is 9.80 Å². The van der Waals surface area contributed by atoms with Crippen LogP contribution in [0.1, 0.15) is 11.1 Å². The molecule has 1 aliphatic rings. The van der Waals surface area contributed by atoms with E-state index in [0.29, 0.717) is 0 Å². The summed E-state index contributed by atoms with van der Waals surface area (Å²) in [5, 5.41) is 9.06. The number of anilines is 2. The minimum atomic E-state index is -3.88. The number of sulfone groups is 1. The smallest absolute Gasteiger partial charge is 0.229 e. The Bertz CT molecular complexity index is 1690. The van der Waals surface area contributed by atoms with Crippen molar-refractivity contribution in [3.05, 3.63) is 83.9 Å². The summed E-state index contributed by atoms with van der Waals surface area (Å²) in [5.74, 6) is 0.755. The van der Waals surface area contributed by atoms with Crippen molar-refractivity contribution < 1.29 is 8.42 Å². The molecule has 8 nitrogen and oxygen atoms in total. The van der Waals surface area contributed by atoms with Crippen molar-refractivity contribution in [1.82, 2.24) is 19.8 Å². The van der Waals surface area contributed by atoms with E-state index in [2.05, 4.69) is 52.2 Å². The monoisotopic (exact) mass is 498 g/mol. The molecule has 0 spiro atoms. The molecule has 0 saturated carbocycles. The van der Waals surface area contributed by atoms with Gasteiger partial charge in [-0.1, -0.05) is 53.2 Å². The topological polar surface area (TPSA) is 83.7 Å². The molecule has 1 aliphatic heterocycles. The Morgan fingerprint density at radius 1 is 0.806 bits per heavy atom. The minimum absolute atomic E-state index is 0.130. The van der Waals surface area contributed by atoms with Gasteiger partial charge in [0.1, 0.15) is 5.82 Å². The lowest BCUT2D eigenvalue weighted by atomic mass is 10.1. The van der Waals surface area contributed by atoms with Gasteiger partial charge >= 0.3 is 0 Å². The number of aryl methyl sites for hydroxylation is 2. The molecule has 1 saturated heterocycles. The van der Waals surface area contributed by atoms with Crippen LogP contribution in [0.5, 0.6) is 0 Å². The molecule has 0 aliphatic carbocycles. The molecular weight excluding hydrogens is 472 g/mol. The Morgan fingerprint density at radius 3 is 2.25 bits per heavy atom. The van der Waals surface area contributed by atoms with Gasteiger partial charge in [0.05, 0.1) is 10.4 Å². The van der Waals surface area contributed by atoms with E-state index in [9.17, 15) is 8.42 Å². The maximum Gasteiger partial charge on any atom is 0.229 e. The largest absolute Gasteiger partial charge is 0.368 e. The summed E-state index contributed by atoms with van der Waals surface area (Å²) in [5.41, 5.74) is 4.80. The van der Waals surface area contributed by atoms with Gasteiger partial charge in [0.25, 0.3) is 0 Å². The van der Waals surface area contributed by atoms with Gasteiger partial charge in [0, 0.05) is 37.3 Å². The third-order valence-corrected chi connectivity index (χ3v) is 8.45. The van der Waals surface area contributed by atoms with Crippen LogP contribution in [-0.4, -0.2) is 54.4 Å². The third kappa shape index (κ3) is 3.67. The van der Waals surface area contributed by atoms with E-state index in [1.54, 1.807) is 30.3 Å². The van der Waals surface area contributed by atoms with E-state index in [-0.39, 0.29) is 15.6 Å². The molecule has 3 aromatic carbocycles. The zero-order chi connectivity index (χ0) is 24.9. The number of rotatable bonds is 4. The summed E-state index contributed by atoms with van der Waals surface area (Å²) in [7, 11) is -3.88. The van der Waals surface area contributed by atoms with Crippen LogP contribution in [0.3, 0.4) is 0 Å². The van der Waals surface area contributed by atoms with Crippen molar-refractivity contribution in [2.45, 2.75) is 23.8 Å². The summed E-state index contributed by atoms with van der Waals surface area (Å²) in [4.78, 5) is 9.68. The number of piperazine rings is 1. The molecule has 0 amide bonds. The van der Waals surface area contributed by atoms with Crippen LogP contribution >= 0.6 is 0 Å².